The normalized spacial score (nSPS) is 31.6. The Kier molecular flexibility index (Phi) is 12.6. The second-order valence-corrected chi connectivity index (χ2v) is 23.6. The number of ether oxygens (including phenoxy) is 4. The van der Waals surface area contributed by atoms with E-state index in [1.807, 2.05) is 0 Å². The number of aromatic amines is 1. The first-order chi connectivity index (χ1) is 28.2. The maximum Gasteiger partial charge on any atom is 0.392 e. The molecule has 3 N–H and O–H groups in total. The van der Waals surface area contributed by atoms with Crippen molar-refractivity contribution in [3.05, 3.63) is 35.7 Å². The van der Waals surface area contributed by atoms with Crippen molar-refractivity contribution in [2.45, 2.75) is 90.8 Å². The average Bonchev–Trinajstić information content (AvgIpc) is 3.94. The first-order valence-corrected chi connectivity index (χ1v) is 24.4. The van der Waals surface area contributed by atoms with Gasteiger partial charge in [0.1, 0.15) is 48.1 Å². The Bertz CT molecular complexity index is 2410. The summed E-state index contributed by atoms with van der Waals surface area (Å²) in [6.45, 7) is -1.41. The number of carbonyl (C=O) groups excluding carboxylic acids is 2. The molecule has 10 atom stereocenters. The first-order valence-electron chi connectivity index (χ1n) is 18.1. The summed E-state index contributed by atoms with van der Waals surface area (Å²) in [6.07, 6.45) is -9.93. The molecule has 4 aromatic heterocycles. The maximum atomic E-state index is 16.8. The summed E-state index contributed by atoms with van der Waals surface area (Å²) >= 11 is 0.775. The van der Waals surface area contributed by atoms with Crippen molar-refractivity contribution >= 4 is 76.4 Å². The van der Waals surface area contributed by atoms with Gasteiger partial charge >= 0.3 is 25.5 Å². The van der Waals surface area contributed by atoms with E-state index in [2.05, 4.69) is 29.9 Å². The zero-order valence-corrected chi connectivity index (χ0v) is 36.2. The Morgan fingerprint density at radius 1 is 0.800 bits per heavy atom. The summed E-state index contributed by atoms with van der Waals surface area (Å²) < 4.78 is 112. The molecule has 0 aromatic carbocycles. The number of nitrogens with one attached hydrogen (secondary N) is 1. The number of nitrogens with two attached hydrogens (primary N) is 1. The fourth-order valence-corrected chi connectivity index (χ4v) is 11.6. The van der Waals surface area contributed by atoms with Crippen LogP contribution in [-0.2, 0) is 55.8 Å². The van der Waals surface area contributed by atoms with Gasteiger partial charge in [-0.05, 0) is 41.5 Å². The Morgan fingerprint density at radius 3 is 1.75 bits per heavy atom. The van der Waals surface area contributed by atoms with E-state index in [1.165, 1.54) is 10.9 Å². The second kappa shape index (κ2) is 16.9. The van der Waals surface area contributed by atoms with Crippen molar-refractivity contribution < 1.29 is 64.5 Å². The van der Waals surface area contributed by atoms with Gasteiger partial charge in [-0.3, -0.25) is 41.6 Å². The van der Waals surface area contributed by atoms with Crippen molar-refractivity contribution in [3.63, 3.8) is 0 Å². The molecule has 0 spiro atoms. The van der Waals surface area contributed by atoms with Gasteiger partial charge in [0, 0.05) is 22.8 Å². The van der Waals surface area contributed by atoms with Crippen LogP contribution in [0.1, 0.15) is 54.0 Å². The zero-order valence-electron chi connectivity index (χ0n) is 32.7. The third-order valence-electron chi connectivity index (χ3n) is 9.16. The average molecular weight is 924 g/mol. The zero-order chi connectivity index (χ0) is 43.4. The van der Waals surface area contributed by atoms with Gasteiger partial charge in [0.2, 0.25) is 0 Å². The third kappa shape index (κ3) is 9.13. The highest BCUT2D eigenvalue weighted by molar-refractivity contribution is 8.55. The van der Waals surface area contributed by atoms with Crippen LogP contribution in [0, 0.1) is 10.8 Å². The standard InChI is InChI=1S/C32H41F2N9O13P2S2/c1-31(2,3)29(45)49-13-59-57(47)52-8-16-22(18(34)28(54-16)43-12-41-20-25(43)38-10-39-26(20)44)56-58(48,60-14-50-30(46)32(4,5)6)51-7-15-21(55-57)17(33)27(53-15)42-11-40-19-23(35)36-9-37-24(19)42/h9-12,15-18,21-22,27-28H,7-8,13-14H2,1-6H3,(H2,35,36,37)(H,38,39,44)/t15?,16?,17-,18-,21-,22-,27?,28?,57?,58?/m1/s1. The first kappa shape index (κ1) is 44.5. The minimum atomic E-state index is -4.69. The van der Waals surface area contributed by atoms with E-state index >= 15 is 8.78 Å². The number of imidazole rings is 2. The van der Waals surface area contributed by atoms with E-state index in [0.717, 1.165) is 23.5 Å². The molecule has 3 saturated heterocycles. The lowest BCUT2D eigenvalue weighted by atomic mass is 9.98. The van der Waals surface area contributed by atoms with Gasteiger partial charge in [0.25, 0.3) is 5.56 Å². The number of nitrogen functional groups attached to an aromatic ring is 1. The molecule has 7 heterocycles. The number of halogens is 2. The van der Waals surface area contributed by atoms with Gasteiger partial charge in [-0.25, -0.2) is 42.8 Å². The van der Waals surface area contributed by atoms with Crippen molar-refractivity contribution in [3.8, 4) is 0 Å². The van der Waals surface area contributed by atoms with Crippen molar-refractivity contribution in [1.82, 2.24) is 39.0 Å². The van der Waals surface area contributed by atoms with E-state index in [-0.39, 0.29) is 28.1 Å². The van der Waals surface area contributed by atoms with Crippen LogP contribution in [0.2, 0.25) is 0 Å². The molecule has 6 unspecified atom stereocenters. The number of rotatable bonds is 8. The van der Waals surface area contributed by atoms with Gasteiger partial charge < -0.3 is 29.7 Å². The van der Waals surface area contributed by atoms with Crippen LogP contribution in [0.25, 0.3) is 22.3 Å². The van der Waals surface area contributed by atoms with Crippen LogP contribution in [0.3, 0.4) is 0 Å². The number of fused-ring (bicyclic) bond motifs is 4. The van der Waals surface area contributed by atoms with Crippen molar-refractivity contribution in [2.24, 2.45) is 10.8 Å². The largest absolute Gasteiger partial charge is 0.454 e. The summed E-state index contributed by atoms with van der Waals surface area (Å²) in [4.78, 5) is 60.3. The quantitative estimate of drug-likeness (QED) is 0.139. The topological polar surface area (TPSA) is 275 Å². The summed E-state index contributed by atoms with van der Waals surface area (Å²) in [5, 5.41) is 0. The summed E-state index contributed by atoms with van der Waals surface area (Å²) in [5.74, 6) is -2.53. The van der Waals surface area contributed by atoms with Gasteiger partial charge in [0.05, 0.1) is 43.0 Å². The number of H-pyrrole nitrogens is 1. The number of hydrogen-bond acceptors (Lipinski definition) is 21. The molecule has 7 rings (SSSR count). The number of hydrogen-bond donors (Lipinski definition) is 2. The summed E-state index contributed by atoms with van der Waals surface area (Å²) in [6, 6.07) is 0. The van der Waals surface area contributed by atoms with Crippen LogP contribution >= 0.6 is 36.4 Å². The minimum Gasteiger partial charge on any atom is -0.454 e. The van der Waals surface area contributed by atoms with E-state index < -0.39 is 116 Å². The van der Waals surface area contributed by atoms with Crippen LogP contribution in [0.4, 0.5) is 14.6 Å². The lowest BCUT2D eigenvalue weighted by molar-refractivity contribution is -0.151. The molecule has 3 aliphatic heterocycles. The van der Waals surface area contributed by atoms with Crippen LogP contribution < -0.4 is 11.3 Å². The fourth-order valence-electron chi connectivity index (χ4n) is 6.01. The maximum absolute atomic E-state index is 16.8. The molecule has 3 fully saturated rings. The SMILES string of the molecule is CC(C)(C)C(=O)OCSP1(=O)OCC2OC(n3cnc4c(=O)[nH]cnc43)[C@H](F)[C@@H]2OP(=O)(SCOC(=O)C(C)(C)C)OCC2OC(n3cnc4c(N)ncnc43)[C@H](F)[C@@H]2O1. The number of nitrogens with zero attached hydrogens (tertiary/aromatic N) is 7. The summed E-state index contributed by atoms with van der Waals surface area (Å²) in [5.41, 5.74) is 3.38. The highest BCUT2D eigenvalue weighted by atomic mass is 32.7. The predicted molar refractivity (Wildman–Crippen MR) is 208 cm³/mol. The van der Waals surface area contributed by atoms with Crippen LogP contribution in [0.5, 0.6) is 0 Å². The highest BCUT2D eigenvalue weighted by Crippen LogP contribution is 2.66. The fraction of sp³-hybridized carbons (Fsp3) is 0.625. The lowest BCUT2D eigenvalue weighted by Crippen LogP contribution is -2.37. The minimum absolute atomic E-state index is 0.00747. The smallest absolute Gasteiger partial charge is 0.392 e. The molecule has 0 amide bonds. The number of alkyl halides is 2. The predicted octanol–water partition coefficient (Wildman–Crippen LogP) is 4.61. The molecule has 28 heteroatoms. The lowest BCUT2D eigenvalue weighted by Gasteiger charge is -2.30. The number of carbonyl (C=O) groups is 2. The Morgan fingerprint density at radius 2 is 1.27 bits per heavy atom. The van der Waals surface area contributed by atoms with E-state index in [9.17, 15) is 23.5 Å². The molecular formula is C32H41F2N9O13P2S2. The van der Waals surface area contributed by atoms with Crippen LogP contribution in [-0.4, -0.2) is 113 Å². The van der Waals surface area contributed by atoms with Crippen molar-refractivity contribution in [1.29, 1.82) is 0 Å². The molecule has 0 bridgehead atoms. The molecule has 22 nitrogen and oxygen atoms in total. The van der Waals surface area contributed by atoms with Gasteiger partial charge in [-0.15, -0.1) is 0 Å². The highest BCUT2D eigenvalue weighted by Gasteiger charge is 2.56. The number of anilines is 1. The van der Waals surface area contributed by atoms with Crippen LogP contribution in [0.15, 0.2) is 30.1 Å². The van der Waals surface area contributed by atoms with Gasteiger partial charge in [0.15, 0.2) is 47.4 Å². The molecule has 328 valence electrons. The van der Waals surface area contributed by atoms with E-state index in [0.29, 0.717) is 22.8 Å². The number of aromatic nitrogens is 8. The molecule has 3 aliphatic rings. The Balaban J connectivity index is 1.24. The molecule has 60 heavy (non-hydrogen) atoms. The molecule has 0 saturated carbocycles. The monoisotopic (exact) mass is 923 g/mol. The molecule has 0 aliphatic carbocycles. The van der Waals surface area contributed by atoms with Gasteiger partial charge in [-0.1, -0.05) is 0 Å². The molecular weight excluding hydrogens is 882 g/mol. The molecule has 4 aromatic rings. The Labute approximate surface area is 347 Å². The van der Waals surface area contributed by atoms with Gasteiger partial charge in [-0.2, -0.15) is 0 Å². The number of esters is 2. The second-order valence-electron chi connectivity index (χ2n) is 15.6. The Hall–Kier alpha value is -3.58. The van der Waals surface area contributed by atoms with Crippen molar-refractivity contribution in [2.75, 3.05) is 30.8 Å². The van der Waals surface area contributed by atoms with E-state index in [1.54, 1.807) is 41.5 Å². The third-order valence-corrected chi connectivity index (χ3v) is 15.8. The summed E-state index contributed by atoms with van der Waals surface area (Å²) in [7, 11) is 0. The van der Waals surface area contributed by atoms with E-state index in [4.69, 9.17) is 42.8 Å². The molecule has 0 radical (unpaired) electrons.